The Hall–Kier alpha value is -2.96. The summed E-state index contributed by atoms with van der Waals surface area (Å²) in [6.45, 7) is 2.65. The Morgan fingerprint density at radius 1 is 1.03 bits per heavy atom. The van der Waals surface area contributed by atoms with Gasteiger partial charge in [-0.05, 0) is 75.4 Å². The standard InChI is InChI=1S/C25H32N4O2/c1-27(2)12-10-19-16-29(23-6-5-7-24(30)25(19)23)17-28(3)13-11-18-15-26-22-9-8-20(31-4)14-21(18)22/h5-9,14-16,26,30H,10-13,17H2,1-4H3. The molecule has 31 heavy (non-hydrogen) atoms. The van der Waals surface area contributed by atoms with Gasteiger partial charge in [0.15, 0.2) is 0 Å². The molecule has 0 aliphatic rings. The highest BCUT2D eigenvalue weighted by atomic mass is 16.5. The highest BCUT2D eigenvalue weighted by Gasteiger charge is 2.14. The van der Waals surface area contributed by atoms with Gasteiger partial charge in [0, 0.05) is 41.8 Å². The minimum Gasteiger partial charge on any atom is -0.507 e. The van der Waals surface area contributed by atoms with E-state index in [4.69, 9.17) is 4.74 Å². The molecule has 6 nitrogen and oxygen atoms in total. The van der Waals surface area contributed by atoms with E-state index in [1.54, 1.807) is 13.2 Å². The molecule has 0 unspecified atom stereocenters. The van der Waals surface area contributed by atoms with Crippen LogP contribution in [-0.4, -0.2) is 65.8 Å². The number of ether oxygens (including phenoxy) is 1. The van der Waals surface area contributed by atoms with Crippen LogP contribution in [0.25, 0.3) is 21.8 Å². The number of rotatable bonds is 9. The summed E-state index contributed by atoms with van der Waals surface area (Å²) in [5.41, 5.74) is 4.70. The maximum atomic E-state index is 10.5. The van der Waals surface area contributed by atoms with E-state index in [1.807, 2.05) is 12.1 Å². The summed E-state index contributed by atoms with van der Waals surface area (Å²) in [7, 11) is 8.00. The van der Waals surface area contributed by atoms with Crippen LogP contribution in [0.4, 0.5) is 0 Å². The van der Waals surface area contributed by atoms with Gasteiger partial charge in [-0.2, -0.15) is 0 Å². The van der Waals surface area contributed by atoms with Crippen molar-refractivity contribution in [1.82, 2.24) is 19.4 Å². The Morgan fingerprint density at radius 2 is 1.84 bits per heavy atom. The first-order valence-electron chi connectivity index (χ1n) is 10.7. The Kier molecular flexibility index (Phi) is 6.20. The third-order valence-electron chi connectivity index (χ3n) is 5.92. The molecule has 0 amide bonds. The Labute approximate surface area is 183 Å². The molecule has 0 saturated heterocycles. The molecule has 2 N–H and O–H groups in total. The van der Waals surface area contributed by atoms with E-state index >= 15 is 0 Å². The molecule has 0 aliphatic heterocycles. The molecule has 4 aromatic rings. The lowest BCUT2D eigenvalue weighted by atomic mass is 10.1. The number of aromatic nitrogens is 2. The molecule has 0 atom stereocenters. The van der Waals surface area contributed by atoms with E-state index < -0.39 is 0 Å². The average molecular weight is 421 g/mol. The molecule has 0 saturated carbocycles. The number of hydrogen-bond donors (Lipinski definition) is 2. The third kappa shape index (κ3) is 4.55. The van der Waals surface area contributed by atoms with Gasteiger partial charge in [-0.3, -0.25) is 4.90 Å². The summed E-state index contributed by atoms with van der Waals surface area (Å²) in [6.07, 6.45) is 6.15. The molecule has 6 heteroatoms. The van der Waals surface area contributed by atoms with Crippen LogP contribution in [0.5, 0.6) is 11.5 Å². The van der Waals surface area contributed by atoms with Crippen LogP contribution in [0.3, 0.4) is 0 Å². The van der Waals surface area contributed by atoms with Gasteiger partial charge >= 0.3 is 0 Å². The second kappa shape index (κ2) is 9.04. The first-order chi connectivity index (χ1) is 15.0. The van der Waals surface area contributed by atoms with E-state index in [-0.39, 0.29) is 0 Å². The van der Waals surface area contributed by atoms with Crippen LogP contribution < -0.4 is 4.74 Å². The fourth-order valence-corrected chi connectivity index (χ4v) is 4.20. The smallest absolute Gasteiger partial charge is 0.125 e. The molecule has 2 aromatic carbocycles. The highest BCUT2D eigenvalue weighted by Crippen LogP contribution is 2.30. The minimum absolute atomic E-state index is 0.361. The molecule has 4 rings (SSSR count). The van der Waals surface area contributed by atoms with Crippen molar-refractivity contribution in [3.8, 4) is 11.5 Å². The van der Waals surface area contributed by atoms with Crippen LogP contribution in [0.15, 0.2) is 48.8 Å². The lowest BCUT2D eigenvalue weighted by Gasteiger charge is -2.18. The summed E-state index contributed by atoms with van der Waals surface area (Å²) >= 11 is 0. The monoisotopic (exact) mass is 420 g/mol. The van der Waals surface area contributed by atoms with Gasteiger partial charge in [0.25, 0.3) is 0 Å². The second-order valence-electron chi connectivity index (χ2n) is 8.55. The Balaban J connectivity index is 1.50. The number of aromatic amines is 1. The van der Waals surface area contributed by atoms with E-state index in [1.165, 1.54) is 16.5 Å². The van der Waals surface area contributed by atoms with Gasteiger partial charge in [-0.15, -0.1) is 0 Å². The molecular weight excluding hydrogens is 388 g/mol. The fraction of sp³-hybridized carbons (Fsp3) is 0.360. The number of fused-ring (bicyclic) bond motifs is 2. The summed E-state index contributed by atoms with van der Waals surface area (Å²) in [6, 6.07) is 11.9. The van der Waals surface area contributed by atoms with E-state index in [9.17, 15) is 5.11 Å². The summed E-state index contributed by atoms with van der Waals surface area (Å²) in [5, 5.41) is 12.7. The van der Waals surface area contributed by atoms with Crippen LogP contribution in [0.1, 0.15) is 11.1 Å². The van der Waals surface area contributed by atoms with Crippen molar-refractivity contribution < 1.29 is 9.84 Å². The van der Waals surface area contributed by atoms with Crippen molar-refractivity contribution in [2.75, 3.05) is 41.3 Å². The zero-order chi connectivity index (χ0) is 22.0. The van der Waals surface area contributed by atoms with Crippen molar-refractivity contribution >= 4 is 21.8 Å². The maximum Gasteiger partial charge on any atom is 0.125 e. The predicted molar refractivity (Wildman–Crippen MR) is 127 cm³/mol. The fourth-order valence-electron chi connectivity index (χ4n) is 4.20. The molecule has 2 aromatic heterocycles. The molecule has 0 fully saturated rings. The molecule has 0 radical (unpaired) electrons. The zero-order valence-corrected chi connectivity index (χ0v) is 18.9. The number of benzene rings is 2. The molecule has 2 heterocycles. The second-order valence-corrected chi connectivity index (χ2v) is 8.55. The van der Waals surface area contributed by atoms with Crippen molar-refractivity contribution in [3.63, 3.8) is 0 Å². The maximum absolute atomic E-state index is 10.5. The highest BCUT2D eigenvalue weighted by molar-refractivity contribution is 5.89. The van der Waals surface area contributed by atoms with Gasteiger partial charge < -0.3 is 24.3 Å². The van der Waals surface area contributed by atoms with Crippen molar-refractivity contribution in [1.29, 1.82) is 0 Å². The van der Waals surface area contributed by atoms with Crippen molar-refractivity contribution in [3.05, 3.63) is 59.9 Å². The number of likely N-dealkylation sites (N-methyl/N-ethyl adjacent to an activating group) is 2. The van der Waals surface area contributed by atoms with Gasteiger partial charge in [0.05, 0.1) is 19.3 Å². The van der Waals surface area contributed by atoms with E-state index in [0.717, 1.165) is 54.8 Å². The van der Waals surface area contributed by atoms with Gasteiger partial charge in [-0.1, -0.05) is 6.07 Å². The summed E-state index contributed by atoms with van der Waals surface area (Å²) in [5.74, 6) is 1.24. The topological polar surface area (TPSA) is 56.7 Å². The van der Waals surface area contributed by atoms with E-state index in [2.05, 4.69) is 71.1 Å². The van der Waals surface area contributed by atoms with Crippen molar-refractivity contribution in [2.45, 2.75) is 19.5 Å². The number of phenols is 1. The zero-order valence-electron chi connectivity index (χ0n) is 18.9. The summed E-state index contributed by atoms with van der Waals surface area (Å²) in [4.78, 5) is 7.85. The molecular formula is C25H32N4O2. The van der Waals surface area contributed by atoms with Crippen molar-refractivity contribution in [2.24, 2.45) is 0 Å². The van der Waals surface area contributed by atoms with E-state index in [0.29, 0.717) is 5.75 Å². The van der Waals surface area contributed by atoms with Gasteiger partial charge in [0.1, 0.15) is 11.5 Å². The number of hydrogen-bond acceptors (Lipinski definition) is 4. The average Bonchev–Trinajstić information content (AvgIpc) is 3.32. The van der Waals surface area contributed by atoms with Crippen LogP contribution in [0.2, 0.25) is 0 Å². The normalized spacial score (nSPS) is 11.9. The lowest BCUT2D eigenvalue weighted by molar-refractivity contribution is 0.276. The first kappa shape index (κ1) is 21.3. The lowest BCUT2D eigenvalue weighted by Crippen LogP contribution is -2.24. The van der Waals surface area contributed by atoms with Gasteiger partial charge in [-0.25, -0.2) is 0 Å². The Bertz CT molecular complexity index is 1180. The number of methoxy groups -OCH3 is 1. The quantitative estimate of drug-likeness (QED) is 0.429. The number of aromatic hydroxyl groups is 1. The Morgan fingerprint density at radius 3 is 2.61 bits per heavy atom. The SMILES string of the molecule is COc1ccc2[nH]cc(CCN(C)Cn3cc(CCN(C)C)c4c(O)cccc43)c2c1. The van der Waals surface area contributed by atoms with Crippen LogP contribution in [-0.2, 0) is 19.5 Å². The molecule has 0 aliphatic carbocycles. The number of H-pyrrole nitrogens is 1. The third-order valence-corrected chi connectivity index (χ3v) is 5.92. The largest absolute Gasteiger partial charge is 0.507 e. The first-order valence-corrected chi connectivity index (χ1v) is 10.7. The van der Waals surface area contributed by atoms with Crippen LogP contribution >= 0.6 is 0 Å². The molecule has 0 spiro atoms. The molecule has 0 bridgehead atoms. The number of phenolic OH excluding ortho intramolecular Hbond substituents is 1. The number of nitrogens with zero attached hydrogens (tertiary/aromatic N) is 3. The van der Waals surface area contributed by atoms with Gasteiger partial charge in [0.2, 0.25) is 0 Å². The number of nitrogens with one attached hydrogen (secondary N) is 1. The minimum atomic E-state index is 0.361. The predicted octanol–water partition coefficient (Wildman–Crippen LogP) is 4.07. The summed E-state index contributed by atoms with van der Waals surface area (Å²) < 4.78 is 7.64. The van der Waals surface area contributed by atoms with Crippen LogP contribution in [0, 0.1) is 0 Å². The molecule has 164 valence electrons.